The molecule has 0 saturated heterocycles. The van der Waals surface area contributed by atoms with E-state index in [9.17, 15) is 9.59 Å². The molecule has 0 radical (unpaired) electrons. The van der Waals surface area contributed by atoms with Crippen LogP contribution in [0.5, 0.6) is 0 Å². The van der Waals surface area contributed by atoms with Gasteiger partial charge in [-0.1, -0.05) is 22.0 Å². The third-order valence-electron chi connectivity index (χ3n) is 2.74. The number of amides is 1. The molecule has 0 aromatic heterocycles. The molecule has 0 spiro atoms. The van der Waals surface area contributed by atoms with E-state index in [1.807, 2.05) is 0 Å². The van der Waals surface area contributed by atoms with Gasteiger partial charge in [0.1, 0.15) is 0 Å². The standard InChI is InChI=1S/C16H14BrNO3/c1-2-21-16(20)12-4-3-5-14(10-12)18-15(19)11-6-8-13(17)9-7-11/h3-10H,2H2,1H3,(H,18,19). The third kappa shape index (κ3) is 4.16. The molecular weight excluding hydrogens is 334 g/mol. The van der Waals surface area contributed by atoms with E-state index in [1.54, 1.807) is 55.5 Å². The van der Waals surface area contributed by atoms with Crippen molar-refractivity contribution in [2.75, 3.05) is 11.9 Å². The molecule has 1 amide bonds. The number of nitrogens with one attached hydrogen (secondary N) is 1. The highest BCUT2D eigenvalue weighted by Crippen LogP contribution is 2.15. The second-order valence-electron chi connectivity index (χ2n) is 4.26. The summed E-state index contributed by atoms with van der Waals surface area (Å²) in [7, 11) is 0. The first-order valence-corrected chi connectivity index (χ1v) is 7.23. The van der Waals surface area contributed by atoms with Gasteiger partial charge in [-0.15, -0.1) is 0 Å². The topological polar surface area (TPSA) is 55.4 Å². The van der Waals surface area contributed by atoms with Crippen molar-refractivity contribution in [3.63, 3.8) is 0 Å². The summed E-state index contributed by atoms with van der Waals surface area (Å²) in [6.45, 7) is 2.06. The quantitative estimate of drug-likeness (QED) is 0.854. The van der Waals surface area contributed by atoms with Gasteiger partial charge in [-0.05, 0) is 49.4 Å². The van der Waals surface area contributed by atoms with Crippen molar-refractivity contribution >= 4 is 33.5 Å². The number of esters is 1. The Kier molecular flexibility index (Phi) is 5.11. The third-order valence-corrected chi connectivity index (χ3v) is 3.27. The molecule has 5 heteroatoms. The summed E-state index contributed by atoms with van der Waals surface area (Å²) < 4.78 is 5.83. The zero-order valence-electron chi connectivity index (χ0n) is 11.4. The lowest BCUT2D eigenvalue weighted by atomic mass is 10.1. The monoisotopic (exact) mass is 347 g/mol. The van der Waals surface area contributed by atoms with E-state index >= 15 is 0 Å². The van der Waals surface area contributed by atoms with Crippen molar-refractivity contribution in [2.45, 2.75) is 6.92 Å². The summed E-state index contributed by atoms with van der Waals surface area (Å²) in [4.78, 5) is 23.7. The molecule has 0 bridgehead atoms. The Hall–Kier alpha value is -2.14. The lowest BCUT2D eigenvalue weighted by Crippen LogP contribution is -2.12. The SMILES string of the molecule is CCOC(=O)c1cccc(NC(=O)c2ccc(Br)cc2)c1. The molecule has 0 fully saturated rings. The van der Waals surface area contributed by atoms with Gasteiger partial charge < -0.3 is 10.1 Å². The first-order chi connectivity index (χ1) is 10.1. The molecular formula is C16H14BrNO3. The minimum atomic E-state index is -0.405. The summed E-state index contributed by atoms with van der Waals surface area (Å²) in [5.74, 6) is -0.638. The molecule has 0 saturated carbocycles. The van der Waals surface area contributed by atoms with Crippen LogP contribution in [-0.4, -0.2) is 18.5 Å². The van der Waals surface area contributed by atoms with Gasteiger partial charge in [-0.2, -0.15) is 0 Å². The maximum Gasteiger partial charge on any atom is 0.338 e. The molecule has 21 heavy (non-hydrogen) atoms. The number of ether oxygens (including phenoxy) is 1. The van der Waals surface area contributed by atoms with E-state index in [-0.39, 0.29) is 5.91 Å². The fourth-order valence-electron chi connectivity index (χ4n) is 1.74. The number of anilines is 1. The van der Waals surface area contributed by atoms with Crippen LogP contribution in [-0.2, 0) is 4.74 Å². The Morgan fingerprint density at radius 3 is 2.48 bits per heavy atom. The second-order valence-corrected chi connectivity index (χ2v) is 5.18. The van der Waals surface area contributed by atoms with E-state index < -0.39 is 5.97 Å². The molecule has 2 aromatic carbocycles. The lowest BCUT2D eigenvalue weighted by molar-refractivity contribution is 0.0526. The maximum absolute atomic E-state index is 12.1. The highest BCUT2D eigenvalue weighted by Gasteiger charge is 2.09. The van der Waals surface area contributed by atoms with Gasteiger partial charge in [0.25, 0.3) is 5.91 Å². The van der Waals surface area contributed by atoms with Gasteiger partial charge in [0, 0.05) is 15.7 Å². The molecule has 0 aliphatic rings. The van der Waals surface area contributed by atoms with Crippen LogP contribution in [0.25, 0.3) is 0 Å². The minimum absolute atomic E-state index is 0.233. The first-order valence-electron chi connectivity index (χ1n) is 6.44. The highest BCUT2D eigenvalue weighted by molar-refractivity contribution is 9.10. The van der Waals surface area contributed by atoms with E-state index in [4.69, 9.17) is 4.74 Å². The largest absolute Gasteiger partial charge is 0.462 e. The molecule has 2 rings (SSSR count). The number of benzene rings is 2. The molecule has 2 aromatic rings. The van der Waals surface area contributed by atoms with Gasteiger partial charge in [-0.3, -0.25) is 4.79 Å². The summed E-state index contributed by atoms with van der Waals surface area (Å²) in [5.41, 5.74) is 1.50. The van der Waals surface area contributed by atoms with Crippen LogP contribution in [0.3, 0.4) is 0 Å². The number of carbonyl (C=O) groups excluding carboxylic acids is 2. The van der Waals surface area contributed by atoms with Crippen LogP contribution in [0.2, 0.25) is 0 Å². The van der Waals surface area contributed by atoms with E-state index in [1.165, 1.54) is 0 Å². The van der Waals surface area contributed by atoms with Gasteiger partial charge in [0.05, 0.1) is 12.2 Å². The first kappa shape index (κ1) is 15.3. The Morgan fingerprint density at radius 2 is 1.81 bits per heavy atom. The van der Waals surface area contributed by atoms with Crippen molar-refractivity contribution in [3.05, 3.63) is 64.1 Å². The Bertz CT molecular complexity index is 653. The van der Waals surface area contributed by atoms with Crippen molar-refractivity contribution < 1.29 is 14.3 Å². The van der Waals surface area contributed by atoms with Gasteiger partial charge in [0.15, 0.2) is 0 Å². The minimum Gasteiger partial charge on any atom is -0.462 e. The van der Waals surface area contributed by atoms with E-state index in [2.05, 4.69) is 21.2 Å². The summed E-state index contributed by atoms with van der Waals surface area (Å²) in [6, 6.07) is 13.7. The van der Waals surface area contributed by atoms with Gasteiger partial charge in [0.2, 0.25) is 0 Å². The number of carbonyl (C=O) groups is 2. The van der Waals surface area contributed by atoms with E-state index in [0.717, 1.165) is 4.47 Å². The van der Waals surface area contributed by atoms with Crippen molar-refractivity contribution in [1.29, 1.82) is 0 Å². The molecule has 0 aliphatic heterocycles. The predicted molar refractivity (Wildman–Crippen MR) is 84.5 cm³/mol. The second kappa shape index (κ2) is 7.04. The predicted octanol–water partition coefficient (Wildman–Crippen LogP) is 3.88. The zero-order valence-corrected chi connectivity index (χ0v) is 13.0. The molecule has 0 unspecified atom stereocenters. The molecule has 0 aliphatic carbocycles. The van der Waals surface area contributed by atoms with E-state index in [0.29, 0.717) is 23.4 Å². The molecule has 108 valence electrons. The van der Waals surface area contributed by atoms with Crippen LogP contribution in [0.1, 0.15) is 27.6 Å². The van der Waals surface area contributed by atoms with Crippen LogP contribution in [0, 0.1) is 0 Å². The molecule has 1 N–H and O–H groups in total. The van der Waals surface area contributed by atoms with Gasteiger partial charge in [-0.25, -0.2) is 4.79 Å². The number of hydrogen-bond donors (Lipinski definition) is 1. The zero-order chi connectivity index (χ0) is 15.2. The highest BCUT2D eigenvalue weighted by atomic mass is 79.9. The Labute approximate surface area is 131 Å². The molecule has 4 nitrogen and oxygen atoms in total. The average Bonchev–Trinajstić information content (AvgIpc) is 2.48. The molecule has 0 atom stereocenters. The number of rotatable bonds is 4. The summed E-state index contributed by atoms with van der Waals surface area (Å²) >= 11 is 3.32. The van der Waals surface area contributed by atoms with Crippen LogP contribution in [0.15, 0.2) is 53.0 Å². The maximum atomic E-state index is 12.1. The summed E-state index contributed by atoms with van der Waals surface area (Å²) in [6.07, 6.45) is 0. The lowest BCUT2D eigenvalue weighted by Gasteiger charge is -2.07. The van der Waals surface area contributed by atoms with Crippen molar-refractivity contribution in [1.82, 2.24) is 0 Å². The van der Waals surface area contributed by atoms with Crippen molar-refractivity contribution in [3.8, 4) is 0 Å². The number of hydrogen-bond acceptors (Lipinski definition) is 3. The van der Waals surface area contributed by atoms with Crippen LogP contribution >= 0.6 is 15.9 Å². The Balaban J connectivity index is 2.12. The summed E-state index contributed by atoms with van der Waals surface area (Å²) in [5, 5.41) is 2.75. The van der Waals surface area contributed by atoms with Crippen molar-refractivity contribution in [2.24, 2.45) is 0 Å². The van der Waals surface area contributed by atoms with Crippen LogP contribution < -0.4 is 5.32 Å². The fourth-order valence-corrected chi connectivity index (χ4v) is 2.01. The normalized spacial score (nSPS) is 10.0. The van der Waals surface area contributed by atoms with Gasteiger partial charge >= 0.3 is 5.97 Å². The average molecular weight is 348 g/mol. The van der Waals surface area contributed by atoms with Crippen LogP contribution in [0.4, 0.5) is 5.69 Å². The smallest absolute Gasteiger partial charge is 0.338 e. The Morgan fingerprint density at radius 1 is 1.10 bits per heavy atom. The number of halogens is 1. The fraction of sp³-hybridized carbons (Fsp3) is 0.125. The molecule has 0 heterocycles.